The van der Waals surface area contributed by atoms with Crippen molar-refractivity contribution in [3.63, 3.8) is 0 Å². The van der Waals surface area contributed by atoms with Crippen LogP contribution in [0.2, 0.25) is 0 Å². The van der Waals surface area contributed by atoms with E-state index in [1.165, 1.54) is 24.5 Å². The third-order valence-electron chi connectivity index (χ3n) is 2.58. The van der Waals surface area contributed by atoms with Gasteiger partial charge < -0.3 is 14.8 Å². The molecule has 0 saturated heterocycles. The second kappa shape index (κ2) is 6.51. The fourth-order valence-electron chi connectivity index (χ4n) is 1.71. The van der Waals surface area contributed by atoms with Gasteiger partial charge in [-0.05, 0) is 19.1 Å². The topological polar surface area (TPSA) is 43.4 Å². The van der Waals surface area contributed by atoms with Crippen LogP contribution in [0, 0.1) is 0 Å². The van der Waals surface area contributed by atoms with E-state index in [0.717, 1.165) is 5.01 Å². The maximum absolute atomic E-state index is 12.3. The molecule has 7 heteroatoms. The first-order chi connectivity index (χ1) is 9.60. The third kappa shape index (κ3) is 3.57. The molecular weight excluding hydrogens is 286 g/mol. The Morgan fingerprint density at radius 2 is 2.10 bits per heavy atom. The van der Waals surface area contributed by atoms with Crippen molar-refractivity contribution in [2.24, 2.45) is 0 Å². The number of alkyl halides is 2. The summed E-state index contributed by atoms with van der Waals surface area (Å²) in [6.07, 6.45) is 1.72. The van der Waals surface area contributed by atoms with Gasteiger partial charge in [0.2, 0.25) is 0 Å². The SMILES string of the molecule is COc1ccc(NC(C)c2nccs2)cc1OC(F)F. The second-order valence-electron chi connectivity index (χ2n) is 3.98. The van der Waals surface area contributed by atoms with Crippen LogP contribution in [0.3, 0.4) is 0 Å². The molecule has 4 nitrogen and oxygen atoms in total. The highest BCUT2D eigenvalue weighted by molar-refractivity contribution is 7.09. The summed E-state index contributed by atoms with van der Waals surface area (Å²) in [4.78, 5) is 4.20. The highest BCUT2D eigenvalue weighted by Gasteiger charge is 2.13. The first kappa shape index (κ1) is 14.5. The van der Waals surface area contributed by atoms with Gasteiger partial charge in [0, 0.05) is 23.3 Å². The van der Waals surface area contributed by atoms with Crippen molar-refractivity contribution in [3.8, 4) is 11.5 Å². The van der Waals surface area contributed by atoms with Crippen LogP contribution in [0.5, 0.6) is 11.5 Å². The van der Waals surface area contributed by atoms with Gasteiger partial charge in [-0.2, -0.15) is 8.78 Å². The number of nitrogens with one attached hydrogen (secondary N) is 1. The van der Waals surface area contributed by atoms with Crippen molar-refractivity contribution in [2.75, 3.05) is 12.4 Å². The molecule has 1 aromatic carbocycles. The Hall–Kier alpha value is -1.89. The summed E-state index contributed by atoms with van der Waals surface area (Å²) >= 11 is 1.52. The van der Waals surface area contributed by atoms with E-state index in [2.05, 4.69) is 15.0 Å². The van der Waals surface area contributed by atoms with Gasteiger partial charge >= 0.3 is 6.61 Å². The summed E-state index contributed by atoms with van der Waals surface area (Å²) in [7, 11) is 1.40. The maximum atomic E-state index is 12.3. The lowest BCUT2D eigenvalue weighted by molar-refractivity contribution is -0.0511. The molecule has 0 aliphatic rings. The zero-order valence-corrected chi connectivity index (χ0v) is 11.8. The average molecular weight is 300 g/mol. The van der Waals surface area contributed by atoms with Gasteiger partial charge in [-0.3, -0.25) is 0 Å². The van der Waals surface area contributed by atoms with Crippen LogP contribution in [0.25, 0.3) is 0 Å². The number of hydrogen-bond acceptors (Lipinski definition) is 5. The lowest BCUT2D eigenvalue weighted by Gasteiger charge is -2.15. The van der Waals surface area contributed by atoms with Gasteiger partial charge in [-0.15, -0.1) is 11.3 Å². The Morgan fingerprint density at radius 1 is 1.30 bits per heavy atom. The number of methoxy groups -OCH3 is 1. The number of thiazole rings is 1. The number of halogens is 2. The van der Waals surface area contributed by atoms with Crippen LogP contribution in [-0.4, -0.2) is 18.7 Å². The molecule has 2 aromatic rings. The molecular formula is C13H14F2N2O2S. The maximum Gasteiger partial charge on any atom is 0.387 e. The van der Waals surface area contributed by atoms with Crippen LogP contribution >= 0.6 is 11.3 Å². The number of anilines is 1. The van der Waals surface area contributed by atoms with Gasteiger partial charge in [0.15, 0.2) is 11.5 Å². The highest BCUT2D eigenvalue weighted by atomic mass is 32.1. The molecule has 0 aliphatic carbocycles. The minimum absolute atomic E-state index is 0.00108. The summed E-state index contributed by atoms with van der Waals surface area (Å²) in [5.74, 6) is 0.261. The molecule has 0 saturated carbocycles. The van der Waals surface area contributed by atoms with E-state index in [9.17, 15) is 8.78 Å². The molecule has 0 aliphatic heterocycles. The minimum atomic E-state index is -2.89. The Balaban J connectivity index is 2.16. The van der Waals surface area contributed by atoms with Crippen molar-refractivity contribution in [1.29, 1.82) is 0 Å². The predicted octanol–water partition coefficient (Wildman–Crippen LogP) is 3.93. The van der Waals surface area contributed by atoms with Crippen LogP contribution < -0.4 is 14.8 Å². The van der Waals surface area contributed by atoms with E-state index in [1.807, 2.05) is 12.3 Å². The molecule has 1 aromatic heterocycles. The van der Waals surface area contributed by atoms with Gasteiger partial charge in [-0.1, -0.05) is 0 Å². The van der Waals surface area contributed by atoms with E-state index in [-0.39, 0.29) is 17.5 Å². The molecule has 0 fully saturated rings. The minimum Gasteiger partial charge on any atom is -0.493 e. The smallest absolute Gasteiger partial charge is 0.387 e. The summed E-state index contributed by atoms with van der Waals surface area (Å²) in [5, 5.41) is 5.97. The third-order valence-corrected chi connectivity index (χ3v) is 3.54. The fourth-order valence-corrected chi connectivity index (χ4v) is 2.36. The summed E-state index contributed by atoms with van der Waals surface area (Å²) in [6, 6.07) is 4.77. The van der Waals surface area contributed by atoms with Gasteiger partial charge in [0.05, 0.1) is 13.2 Å². The van der Waals surface area contributed by atoms with Gasteiger partial charge in [0.1, 0.15) is 5.01 Å². The van der Waals surface area contributed by atoms with Crippen molar-refractivity contribution in [1.82, 2.24) is 4.98 Å². The molecule has 1 heterocycles. The Kier molecular flexibility index (Phi) is 4.73. The van der Waals surface area contributed by atoms with E-state index >= 15 is 0 Å². The van der Waals surface area contributed by atoms with Crippen molar-refractivity contribution in [2.45, 2.75) is 19.6 Å². The van der Waals surface area contributed by atoms with E-state index in [4.69, 9.17) is 4.74 Å². The first-order valence-electron chi connectivity index (χ1n) is 5.89. The Bertz CT molecular complexity index is 549. The number of ether oxygens (including phenoxy) is 2. The standard InChI is InChI=1S/C13H14F2N2O2S/c1-8(12-16-5-6-20-12)17-9-3-4-10(18-2)11(7-9)19-13(14)15/h3-8,13,17H,1-2H3. The van der Waals surface area contributed by atoms with Crippen molar-refractivity contribution in [3.05, 3.63) is 34.8 Å². The monoisotopic (exact) mass is 300 g/mol. The quantitative estimate of drug-likeness (QED) is 0.878. The van der Waals surface area contributed by atoms with Gasteiger partial charge in [0.25, 0.3) is 0 Å². The lowest BCUT2D eigenvalue weighted by Crippen LogP contribution is -2.08. The normalized spacial score (nSPS) is 12.2. The fraction of sp³-hybridized carbons (Fsp3) is 0.308. The van der Waals surface area contributed by atoms with Crippen molar-refractivity contribution >= 4 is 17.0 Å². The highest BCUT2D eigenvalue weighted by Crippen LogP contribution is 2.32. The molecule has 1 atom stereocenters. The first-order valence-corrected chi connectivity index (χ1v) is 6.77. The van der Waals surface area contributed by atoms with Crippen molar-refractivity contribution < 1.29 is 18.3 Å². The Labute approximate surface area is 119 Å². The van der Waals surface area contributed by atoms with E-state index < -0.39 is 6.61 Å². The number of hydrogen-bond donors (Lipinski definition) is 1. The molecule has 1 N–H and O–H groups in total. The summed E-state index contributed by atoms with van der Waals surface area (Å²) in [5.41, 5.74) is 0.657. The molecule has 20 heavy (non-hydrogen) atoms. The molecule has 0 bridgehead atoms. The predicted molar refractivity (Wildman–Crippen MR) is 73.8 cm³/mol. The molecule has 1 unspecified atom stereocenters. The molecule has 0 spiro atoms. The van der Waals surface area contributed by atoms with Crippen LogP contribution in [0.1, 0.15) is 18.0 Å². The molecule has 0 radical (unpaired) electrons. The largest absolute Gasteiger partial charge is 0.493 e. The second-order valence-corrected chi connectivity index (χ2v) is 4.91. The molecule has 108 valence electrons. The van der Waals surface area contributed by atoms with E-state index in [0.29, 0.717) is 5.69 Å². The summed E-state index contributed by atoms with van der Waals surface area (Å²) < 4.78 is 34.1. The number of nitrogens with zero attached hydrogens (tertiary/aromatic N) is 1. The number of benzene rings is 1. The zero-order valence-electron chi connectivity index (χ0n) is 11.0. The average Bonchev–Trinajstić information content (AvgIpc) is 2.92. The van der Waals surface area contributed by atoms with Crippen LogP contribution in [0.4, 0.5) is 14.5 Å². The summed E-state index contributed by atoms with van der Waals surface area (Å²) in [6.45, 7) is -0.952. The number of rotatable bonds is 6. The molecule has 2 rings (SSSR count). The van der Waals surface area contributed by atoms with E-state index in [1.54, 1.807) is 18.3 Å². The van der Waals surface area contributed by atoms with Crippen LogP contribution in [0.15, 0.2) is 29.8 Å². The zero-order chi connectivity index (χ0) is 14.5. The Morgan fingerprint density at radius 3 is 2.70 bits per heavy atom. The molecule has 0 amide bonds. The lowest BCUT2D eigenvalue weighted by atomic mass is 10.2. The number of aromatic nitrogens is 1. The van der Waals surface area contributed by atoms with Gasteiger partial charge in [-0.25, -0.2) is 4.98 Å². The van der Waals surface area contributed by atoms with Crippen LogP contribution in [-0.2, 0) is 0 Å².